The molecule has 1 aliphatic rings. The van der Waals surface area contributed by atoms with Gasteiger partial charge in [0.25, 0.3) is 0 Å². The molecule has 0 amide bonds. The Hall–Kier alpha value is -2.80. The predicted octanol–water partition coefficient (Wildman–Crippen LogP) is 3.51. The molecule has 0 aromatic carbocycles. The Morgan fingerprint density at radius 1 is 1.15 bits per heavy atom. The van der Waals surface area contributed by atoms with E-state index >= 15 is 0 Å². The van der Waals surface area contributed by atoms with Crippen LogP contribution in [0.1, 0.15) is 32.3 Å². The van der Waals surface area contributed by atoms with Crippen molar-refractivity contribution >= 4 is 28.4 Å². The zero-order valence-electron chi connectivity index (χ0n) is 15.9. The van der Waals surface area contributed by atoms with Gasteiger partial charge in [-0.15, -0.1) is 5.10 Å². The molecule has 1 saturated heterocycles. The molecule has 4 rings (SSSR count). The Balaban J connectivity index is 1.62. The maximum atomic E-state index is 5.53. The molecular formula is C20H24N6O. The van der Waals surface area contributed by atoms with Gasteiger partial charge in [0.2, 0.25) is 0 Å². The summed E-state index contributed by atoms with van der Waals surface area (Å²) in [7, 11) is 0. The van der Waals surface area contributed by atoms with Crippen molar-refractivity contribution in [3.05, 3.63) is 42.2 Å². The molecule has 1 atom stereocenters. The van der Waals surface area contributed by atoms with Crippen LogP contribution in [0, 0.1) is 0 Å². The average molecular weight is 364 g/mol. The lowest BCUT2D eigenvalue weighted by Crippen LogP contribution is -2.43. The monoisotopic (exact) mass is 364 g/mol. The molecule has 0 unspecified atom stereocenters. The third kappa shape index (κ3) is 3.83. The minimum absolute atomic E-state index is 0.327. The van der Waals surface area contributed by atoms with Crippen LogP contribution in [0.25, 0.3) is 11.0 Å². The molecule has 1 N–H and O–H groups in total. The minimum atomic E-state index is 0.327. The van der Waals surface area contributed by atoms with Crippen LogP contribution in [0.4, 0.5) is 17.3 Å². The lowest BCUT2D eigenvalue weighted by Gasteiger charge is -2.35. The van der Waals surface area contributed by atoms with Gasteiger partial charge in [-0.1, -0.05) is 13.8 Å². The highest BCUT2D eigenvalue weighted by molar-refractivity contribution is 5.80. The molecular weight excluding hydrogens is 340 g/mol. The van der Waals surface area contributed by atoms with E-state index in [9.17, 15) is 0 Å². The van der Waals surface area contributed by atoms with Crippen LogP contribution in [0.15, 0.2) is 36.7 Å². The van der Waals surface area contributed by atoms with Crippen LogP contribution in [0.3, 0.4) is 0 Å². The third-order valence-electron chi connectivity index (χ3n) is 4.82. The molecule has 0 saturated carbocycles. The lowest BCUT2D eigenvalue weighted by molar-refractivity contribution is 0.0989. The average Bonchev–Trinajstić information content (AvgIpc) is 2.68. The Morgan fingerprint density at radius 2 is 2.04 bits per heavy atom. The molecule has 3 aromatic rings. The lowest BCUT2D eigenvalue weighted by atomic mass is 10.1. The van der Waals surface area contributed by atoms with Crippen molar-refractivity contribution < 1.29 is 4.74 Å². The summed E-state index contributed by atoms with van der Waals surface area (Å²) >= 11 is 0. The van der Waals surface area contributed by atoms with Crippen LogP contribution in [0.5, 0.6) is 0 Å². The second-order valence-electron chi connectivity index (χ2n) is 7.20. The Bertz CT molecular complexity index is 945. The number of fused-ring (bicyclic) bond motifs is 1. The topological polar surface area (TPSA) is 76.1 Å². The molecule has 27 heavy (non-hydrogen) atoms. The van der Waals surface area contributed by atoms with E-state index in [1.165, 1.54) is 0 Å². The molecule has 0 bridgehead atoms. The van der Waals surface area contributed by atoms with Crippen LogP contribution in [0.2, 0.25) is 0 Å². The van der Waals surface area contributed by atoms with Crippen molar-refractivity contribution in [1.82, 2.24) is 20.2 Å². The molecule has 0 radical (unpaired) electrons. The van der Waals surface area contributed by atoms with Crippen molar-refractivity contribution in [3.8, 4) is 0 Å². The number of morpholine rings is 1. The summed E-state index contributed by atoms with van der Waals surface area (Å²) in [4.78, 5) is 11.6. The SMILES string of the molecule is CC(C)c1cnnc(Nc2ccc3ncc(N4CCOC[C@H]4C)cc3n2)c1. The van der Waals surface area contributed by atoms with Crippen LogP contribution in [-0.4, -0.2) is 46.0 Å². The van der Waals surface area contributed by atoms with Gasteiger partial charge < -0.3 is 15.0 Å². The molecule has 1 fully saturated rings. The smallest absolute Gasteiger partial charge is 0.154 e. The summed E-state index contributed by atoms with van der Waals surface area (Å²) in [6, 6.07) is 8.31. The molecule has 3 aromatic heterocycles. The number of nitrogens with zero attached hydrogens (tertiary/aromatic N) is 5. The predicted molar refractivity (Wildman–Crippen MR) is 107 cm³/mol. The molecule has 0 aliphatic carbocycles. The molecule has 1 aliphatic heterocycles. The van der Waals surface area contributed by atoms with Gasteiger partial charge in [0.15, 0.2) is 5.82 Å². The van der Waals surface area contributed by atoms with Gasteiger partial charge >= 0.3 is 0 Å². The number of nitrogens with one attached hydrogen (secondary N) is 1. The third-order valence-corrected chi connectivity index (χ3v) is 4.82. The summed E-state index contributed by atoms with van der Waals surface area (Å²) < 4.78 is 5.53. The quantitative estimate of drug-likeness (QED) is 0.759. The highest BCUT2D eigenvalue weighted by atomic mass is 16.5. The summed E-state index contributed by atoms with van der Waals surface area (Å²) in [6.45, 7) is 8.77. The summed E-state index contributed by atoms with van der Waals surface area (Å²) in [6.07, 6.45) is 3.71. The van der Waals surface area contributed by atoms with Crippen molar-refractivity contribution in [1.29, 1.82) is 0 Å². The van der Waals surface area contributed by atoms with E-state index in [1.54, 1.807) is 6.20 Å². The van der Waals surface area contributed by atoms with Crippen molar-refractivity contribution in [2.45, 2.75) is 32.7 Å². The van der Waals surface area contributed by atoms with E-state index in [-0.39, 0.29) is 0 Å². The van der Waals surface area contributed by atoms with Gasteiger partial charge in [0.1, 0.15) is 5.82 Å². The maximum Gasteiger partial charge on any atom is 0.154 e. The number of aromatic nitrogens is 4. The van der Waals surface area contributed by atoms with E-state index in [4.69, 9.17) is 9.72 Å². The summed E-state index contributed by atoms with van der Waals surface area (Å²) in [5.41, 5.74) is 3.93. The van der Waals surface area contributed by atoms with E-state index in [1.807, 2.05) is 24.4 Å². The summed E-state index contributed by atoms with van der Waals surface area (Å²) in [5.74, 6) is 1.82. The number of hydrogen-bond donors (Lipinski definition) is 1. The van der Waals surface area contributed by atoms with Crippen molar-refractivity contribution in [2.24, 2.45) is 0 Å². The number of rotatable bonds is 4. The minimum Gasteiger partial charge on any atom is -0.377 e. The first kappa shape index (κ1) is 17.6. The first-order valence-corrected chi connectivity index (χ1v) is 9.31. The Morgan fingerprint density at radius 3 is 2.85 bits per heavy atom. The van der Waals surface area contributed by atoms with Crippen LogP contribution < -0.4 is 10.2 Å². The molecule has 7 heteroatoms. The second kappa shape index (κ2) is 7.44. The number of ether oxygens (including phenoxy) is 1. The van der Waals surface area contributed by atoms with Gasteiger partial charge in [0.05, 0.1) is 42.3 Å². The number of anilines is 3. The van der Waals surface area contributed by atoms with E-state index < -0.39 is 0 Å². The standard InChI is InChI=1S/C20H24N6O/c1-13(2)15-8-20(25-22-10-15)24-19-5-4-17-18(23-19)9-16(11-21-17)26-6-7-27-12-14(26)3/h4-5,8-11,13-14H,6-7,12H2,1-3H3,(H,23,24,25)/t14-/m1/s1. The van der Waals surface area contributed by atoms with Gasteiger partial charge in [0, 0.05) is 12.6 Å². The summed E-state index contributed by atoms with van der Waals surface area (Å²) in [5, 5.41) is 11.5. The fourth-order valence-electron chi connectivity index (χ4n) is 3.22. The normalized spacial score (nSPS) is 17.5. The van der Waals surface area contributed by atoms with E-state index in [0.717, 1.165) is 47.9 Å². The first-order valence-electron chi connectivity index (χ1n) is 9.31. The molecule has 140 valence electrons. The van der Waals surface area contributed by atoms with Crippen LogP contribution in [-0.2, 0) is 4.74 Å². The van der Waals surface area contributed by atoms with E-state index in [2.05, 4.69) is 52.2 Å². The highest BCUT2D eigenvalue weighted by Crippen LogP contribution is 2.24. The van der Waals surface area contributed by atoms with Crippen molar-refractivity contribution in [2.75, 3.05) is 30.0 Å². The Kier molecular flexibility index (Phi) is 4.85. The Labute approximate surface area is 158 Å². The van der Waals surface area contributed by atoms with Gasteiger partial charge in [-0.05, 0) is 42.7 Å². The van der Waals surface area contributed by atoms with Crippen LogP contribution >= 0.6 is 0 Å². The van der Waals surface area contributed by atoms with Gasteiger partial charge in [-0.2, -0.15) is 5.10 Å². The maximum absolute atomic E-state index is 5.53. The molecule has 7 nitrogen and oxygen atoms in total. The first-order chi connectivity index (χ1) is 13.1. The fourth-order valence-corrected chi connectivity index (χ4v) is 3.22. The molecule has 4 heterocycles. The van der Waals surface area contributed by atoms with E-state index in [0.29, 0.717) is 17.8 Å². The molecule has 0 spiro atoms. The number of pyridine rings is 2. The number of hydrogen-bond acceptors (Lipinski definition) is 7. The van der Waals surface area contributed by atoms with Gasteiger partial charge in [-0.25, -0.2) is 4.98 Å². The largest absolute Gasteiger partial charge is 0.377 e. The second-order valence-corrected chi connectivity index (χ2v) is 7.20. The van der Waals surface area contributed by atoms with Crippen molar-refractivity contribution in [3.63, 3.8) is 0 Å². The fraction of sp³-hybridized carbons (Fsp3) is 0.400. The zero-order chi connectivity index (χ0) is 18.8. The van der Waals surface area contributed by atoms with Gasteiger partial charge in [-0.3, -0.25) is 4.98 Å². The zero-order valence-corrected chi connectivity index (χ0v) is 15.9. The highest BCUT2D eigenvalue weighted by Gasteiger charge is 2.19.